The van der Waals surface area contributed by atoms with Gasteiger partial charge in [-0.05, 0) is 18.8 Å². The smallest absolute Gasteiger partial charge is 0.102 e. The summed E-state index contributed by atoms with van der Waals surface area (Å²) in [5, 5.41) is 9.10. The van der Waals surface area contributed by atoms with Gasteiger partial charge in [-0.15, -0.1) is 12.4 Å². The topological polar surface area (TPSA) is 23.5 Å². The van der Waals surface area contributed by atoms with Gasteiger partial charge in [-0.1, -0.05) is 0 Å². The van der Waals surface area contributed by atoms with E-state index in [1.807, 2.05) is 0 Å². The van der Waals surface area contributed by atoms with E-state index in [-0.39, 0.29) is 31.2 Å². The van der Waals surface area contributed by atoms with Crippen molar-refractivity contribution in [1.82, 2.24) is 4.90 Å². The standard InChI is InChI=1S/C8H14FNO.ClH/c9-1-2-10-5-7-3-8(10,4-7)6-11;/h7,11H,1-6H2;1H. The first-order valence-corrected chi connectivity index (χ1v) is 4.22. The minimum Gasteiger partial charge on any atom is -0.394 e. The van der Waals surface area contributed by atoms with E-state index >= 15 is 0 Å². The van der Waals surface area contributed by atoms with Crippen molar-refractivity contribution in [2.75, 3.05) is 26.4 Å². The number of alkyl halides is 1. The van der Waals surface area contributed by atoms with Crippen molar-refractivity contribution < 1.29 is 9.50 Å². The maximum absolute atomic E-state index is 12.0. The fraction of sp³-hybridized carbons (Fsp3) is 1.00. The van der Waals surface area contributed by atoms with Gasteiger partial charge in [0.1, 0.15) is 6.67 Å². The molecule has 12 heavy (non-hydrogen) atoms. The van der Waals surface area contributed by atoms with Crippen molar-refractivity contribution >= 4 is 12.4 Å². The van der Waals surface area contributed by atoms with Gasteiger partial charge in [-0.2, -0.15) is 0 Å². The van der Waals surface area contributed by atoms with Crippen molar-refractivity contribution in [3.63, 3.8) is 0 Å². The predicted octanol–water partition coefficient (Wildman–Crippen LogP) is 0.834. The monoisotopic (exact) mass is 195 g/mol. The second-order valence-electron chi connectivity index (χ2n) is 3.79. The molecule has 0 amide bonds. The van der Waals surface area contributed by atoms with Crippen LogP contribution in [0.5, 0.6) is 0 Å². The SMILES string of the molecule is Cl.OCC12CC(CN1CCF)C2. The molecule has 0 unspecified atom stereocenters. The van der Waals surface area contributed by atoms with Crippen molar-refractivity contribution in [2.45, 2.75) is 18.4 Å². The van der Waals surface area contributed by atoms with Crippen LogP contribution in [0, 0.1) is 5.92 Å². The number of fused-ring (bicyclic) bond motifs is 1. The second kappa shape index (κ2) is 3.48. The van der Waals surface area contributed by atoms with Crippen LogP contribution in [0.25, 0.3) is 0 Å². The quantitative estimate of drug-likeness (QED) is 0.722. The summed E-state index contributed by atoms with van der Waals surface area (Å²) in [6.07, 6.45) is 2.17. The third-order valence-electron chi connectivity index (χ3n) is 3.14. The second-order valence-corrected chi connectivity index (χ2v) is 3.79. The lowest BCUT2D eigenvalue weighted by atomic mass is 9.74. The highest BCUT2D eigenvalue weighted by molar-refractivity contribution is 5.85. The Morgan fingerprint density at radius 1 is 1.50 bits per heavy atom. The minimum atomic E-state index is -0.283. The van der Waals surface area contributed by atoms with Gasteiger partial charge in [0, 0.05) is 18.6 Å². The Labute approximate surface area is 78.2 Å². The van der Waals surface area contributed by atoms with Gasteiger partial charge in [-0.3, -0.25) is 4.90 Å². The van der Waals surface area contributed by atoms with Crippen molar-refractivity contribution in [2.24, 2.45) is 5.92 Å². The Morgan fingerprint density at radius 2 is 2.17 bits per heavy atom. The van der Waals surface area contributed by atoms with Gasteiger partial charge in [0.25, 0.3) is 0 Å². The molecule has 0 aromatic carbocycles. The predicted molar refractivity (Wildman–Crippen MR) is 47.3 cm³/mol. The molecule has 2 nitrogen and oxygen atoms in total. The van der Waals surface area contributed by atoms with E-state index in [0.29, 0.717) is 6.54 Å². The minimum absolute atomic E-state index is 0. The molecule has 3 aliphatic rings. The van der Waals surface area contributed by atoms with Gasteiger partial charge >= 0.3 is 0 Å². The Bertz CT molecular complexity index is 161. The van der Waals surface area contributed by atoms with Crippen LogP contribution >= 0.6 is 12.4 Å². The molecule has 4 heteroatoms. The van der Waals surface area contributed by atoms with Crippen LogP contribution in [0.3, 0.4) is 0 Å². The van der Waals surface area contributed by atoms with Crippen molar-refractivity contribution in [3.05, 3.63) is 0 Å². The summed E-state index contributed by atoms with van der Waals surface area (Å²) in [5.41, 5.74) is -0.00322. The van der Waals surface area contributed by atoms with Gasteiger partial charge in [0.05, 0.1) is 6.61 Å². The molecule has 0 aromatic heterocycles. The van der Waals surface area contributed by atoms with E-state index in [1.165, 1.54) is 0 Å². The van der Waals surface area contributed by atoms with Gasteiger partial charge in [0.15, 0.2) is 0 Å². The fourth-order valence-electron chi connectivity index (χ4n) is 2.57. The molecule has 2 aliphatic heterocycles. The van der Waals surface area contributed by atoms with Crippen molar-refractivity contribution in [1.29, 1.82) is 0 Å². The molecule has 0 radical (unpaired) electrons. The third-order valence-corrected chi connectivity index (χ3v) is 3.14. The van der Waals surface area contributed by atoms with Gasteiger partial charge < -0.3 is 5.11 Å². The van der Waals surface area contributed by atoms with Crippen LogP contribution in [0.15, 0.2) is 0 Å². The lowest BCUT2D eigenvalue weighted by Crippen LogP contribution is -2.49. The molecular weight excluding hydrogens is 181 g/mol. The molecular formula is C8H15ClFNO. The van der Waals surface area contributed by atoms with E-state index in [9.17, 15) is 4.39 Å². The zero-order chi connectivity index (χ0) is 7.90. The Hall–Kier alpha value is 0.140. The summed E-state index contributed by atoms with van der Waals surface area (Å²) in [4.78, 5) is 2.11. The Balaban J connectivity index is 0.000000720. The number of nitrogens with zero attached hydrogens (tertiary/aromatic N) is 1. The maximum atomic E-state index is 12.0. The molecule has 2 heterocycles. The first kappa shape index (κ1) is 10.2. The van der Waals surface area contributed by atoms with E-state index in [1.54, 1.807) is 0 Å². The van der Waals surface area contributed by atoms with E-state index < -0.39 is 0 Å². The summed E-state index contributed by atoms with van der Waals surface area (Å²) in [6, 6.07) is 0. The maximum Gasteiger partial charge on any atom is 0.102 e. The van der Waals surface area contributed by atoms with Crippen LogP contribution in [-0.2, 0) is 0 Å². The molecule has 1 N–H and O–H groups in total. The summed E-state index contributed by atoms with van der Waals surface area (Å²) in [5.74, 6) is 0.744. The molecule has 3 rings (SSSR count). The Morgan fingerprint density at radius 3 is 2.67 bits per heavy atom. The molecule has 2 bridgehead atoms. The molecule has 1 saturated carbocycles. The normalized spacial score (nSPS) is 39.0. The van der Waals surface area contributed by atoms with E-state index in [4.69, 9.17) is 5.11 Å². The average Bonchev–Trinajstić information content (AvgIpc) is 2.41. The number of aliphatic hydroxyl groups excluding tert-OH is 1. The summed E-state index contributed by atoms with van der Waals surface area (Å²) in [6.45, 7) is 1.44. The molecule has 0 atom stereocenters. The zero-order valence-electron chi connectivity index (χ0n) is 7.00. The van der Waals surface area contributed by atoms with Crippen LogP contribution in [-0.4, -0.2) is 41.9 Å². The molecule has 2 saturated heterocycles. The largest absolute Gasteiger partial charge is 0.394 e. The van der Waals surface area contributed by atoms with E-state index in [0.717, 1.165) is 25.3 Å². The number of hydrogen-bond acceptors (Lipinski definition) is 2. The number of halogens is 2. The van der Waals surface area contributed by atoms with Crippen LogP contribution in [0.4, 0.5) is 4.39 Å². The summed E-state index contributed by atoms with van der Waals surface area (Å²) < 4.78 is 12.0. The van der Waals surface area contributed by atoms with Gasteiger partial charge in [0.2, 0.25) is 0 Å². The summed E-state index contributed by atoms with van der Waals surface area (Å²) in [7, 11) is 0. The molecule has 72 valence electrons. The number of hydrogen-bond donors (Lipinski definition) is 1. The third kappa shape index (κ3) is 1.24. The molecule has 1 aliphatic carbocycles. The molecule has 0 spiro atoms. The first-order chi connectivity index (χ1) is 5.30. The van der Waals surface area contributed by atoms with Gasteiger partial charge in [-0.25, -0.2) is 4.39 Å². The Kier molecular flexibility index (Phi) is 2.97. The van der Waals surface area contributed by atoms with Crippen LogP contribution in [0.2, 0.25) is 0 Å². The van der Waals surface area contributed by atoms with Crippen molar-refractivity contribution in [3.8, 4) is 0 Å². The summed E-state index contributed by atoms with van der Waals surface area (Å²) >= 11 is 0. The first-order valence-electron chi connectivity index (χ1n) is 4.22. The van der Waals surface area contributed by atoms with E-state index in [2.05, 4.69) is 4.90 Å². The van der Waals surface area contributed by atoms with Crippen LogP contribution < -0.4 is 0 Å². The average molecular weight is 196 g/mol. The highest BCUT2D eigenvalue weighted by atomic mass is 35.5. The lowest BCUT2D eigenvalue weighted by molar-refractivity contribution is 0.0350. The molecule has 3 fully saturated rings. The molecule has 0 aromatic rings. The van der Waals surface area contributed by atoms with Crippen LogP contribution in [0.1, 0.15) is 12.8 Å². The highest BCUT2D eigenvalue weighted by Gasteiger charge is 2.54. The highest BCUT2D eigenvalue weighted by Crippen LogP contribution is 2.49. The lowest BCUT2D eigenvalue weighted by Gasteiger charge is -2.40. The number of rotatable bonds is 3. The number of aliphatic hydroxyl groups is 1. The fourth-order valence-corrected chi connectivity index (χ4v) is 2.57. The zero-order valence-corrected chi connectivity index (χ0v) is 7.82.